The van der Waals surface area contributed by atoms with E-state index in [2.05, 4.69) is 18.5 Å². The molecule has 0 aliphatic carbocycles. The van der Waals surface area contributed by atoms with Crippen LogP contribution in [0, 0.1) is 0 Å². The van der Waals surface area contributed by atoms with E-state index in [9.17, 15) is 4.79 Å². The number of nitrogens with one attached hydrogen (secondary N) is 1. The highest BCUT2D eigenvalue weighted by Crippen LogP contribution is 2.26. The molecule has 2 atom stereocenters. The molecular weight excluding hydrogens is 385 g/mol. The van der Waals surface area contributed by atoms with Gasteiger partial charge in [0.1, 0.15) is 5.75 Å². The molecule has 25 heavy (non-hydrogen) atoms. The van der Waals surface area contributed by atoms with Crippen molar-refractivity contribution in [2.45, 2.75) is 35.4 Å². The van der Waals surface area contributed by atoms with E-state index < -0.39 is 9.70 Å². The van der Waals surface area contributed by atoms with Crippen molar-refractivity contribution in [3.63, 3.8) is 0 Å². The zero-order chi connectivity index (χ0) is 18.9. The van der Waals surface area contributed by atoms with Gasteiger partial charge in [0.05, 0.1) is 19.8 Å². The van der Waals surface area contributed by atoms with Gasteiger partial charge in [-0.25, -0.2) is 0 Å². The number of hydrogen-bond acceptors (Lipinski definition) is 3. The minimum absolute atomic E-state index is 0.172. The van der Waals surface area contributed by atoms with Gasteiger partial charge in [-0.2, -0.15) is 0 Å². The normalized spacial score (nSPS) is 13.6. The van der Waals surface area contributed by atoms with E-state index in [4.69, 9.17) is 44.3 Å². The van der Waals surface area contributed by atoms with E-state index in [0.717, 1.165) is 11.3 Å². The predicted octanol–water partition coefficient (Wildman–Crippen LogP) is 4.59. The Kier molecular flexibility index (Phi) is 9.36. The lowest BCUT2D eigenvalue weighted by atomic mass is 10.1. The number of hydrogen-bond donors (Lipinski definition) is 1. The monoisotopic (exact) mass is 405 g/mol. The standard InChI is InChI=1S/C18H22Cl3NO3/c1-4-14(22-17(23)18(19,20)21)8-11-15(5-2)25-12-13-6-9-16(24-3)10-7-13/h4-7,9-10,14-15H,1-2,8,11-12H2,3H3,(H,22,23)/t14-,15+/m1/s1. The average molecular weight is 407 g/mol. The van der Waals surface area contributed by atoms with Crippen molar-refractivity contribution < 1.29 is 14.3 Å². The van der Waals surface area contributed by atoms with Crippen LogP contribution < -0.4 is 10.1 Å². The lowest BCUT2D eigenvalue weighted by Gasteiger charge is -2.20. The van der Waals surface area contributed by atoms with Gasteiger partial charge in [-0.1, -0.05) is 59.1 Å². The minimum Gasteiger partial charge on any atom is -0.497 e. The number of carbonyl (C=O) groups is 1. The Morgan fingerprint density at radius 1 is 1.20 bits per heavy atom. The maximum absolute atomic E-state index is 11.7. The summed E-state index contributed by atoms with van der Waals surface area (Å²) in [6, 6.07) is 7.30. The van der Waals surface area contributed by atoms with Crippen molar-refractivity contribution in [1.82, 2.24) is 5.32 Å². The van der Waals surface area contributed by atoms with Crippen molar-refractivity contribution in [1.29, 1.82) is 0 Å². The van der Waals surface area contributed by atoms with E-state index in [1.165, 1.54) is 0 Å². The number of carbonyl (C=O) groups excluding carboxylic acids is 1. The summed E-state index contributed by atoms with van der Waals surface area (Å²) < 4.78 is 8.96. The van der Waals surface area contributed by atoms with Crippen LogP contribution in [0.15, 0.2) is 49.6 Å². The van der Waals surface area contributed by atoms with Crippen LogP contribution in [0.4, 0.5) is 0 Å². The third-order valence-corrected chi connectivity index (χ3v) is 4.02. The number of methoxy groups -OCH3 is 1. The summed E-state index contributed by atoms with van der Waals surface area (Å²) in [6.45, 7) is 7.91. The van der Waals surface area contributed by atoms with E-state index in [1.54, 1.807) is 19.3 Å². The summed E-state index contributed by atoms with van der Waals surface area (Å²) in [4.78, 5) is 11.7. The zero-order valence-corrected chi connectivity index (χ0v) is 16.3. The van der Waals surface area contributed by atoms with E-state index in [0.29, 0.717) is 19.4 Å². The Labute approximate surface area is 163 Å². The third kappa shape index (κ3) is 8.15. The summed E-state index contributed by atoms with van der Waals surface area (Å²) in [7, 11) is 1.62. The maximum Gasteiger partial charge on any atom is 0.272 e. The molecule has 1 aromatic rings. The Morgan fingerprint density at radius 2 is 1.84 bits per heavy atom. The molecule has 7 heteroatoms. The van der Waals surface area contributed by atoms with Crippen molar-refractivity contribution >= 4 is 40.7 Å². The second-order valence-corrected chi connectivity index (χ2v) is 7.61. The largest absolute Gasteiger partial charge is 0.497 e. The fourth-order valence-corrected chi connectivity index (χ4v) is 2.20. The molecule has 0 bridgehead atoms. The van der Waals surface area contributed by atoms with Gasteiger partial charge < -0.3 is 14.8 Å². The number of alkyl halides is 3. The molecule has 1 aromatic carbocycles. The van der Waals surface area contributed by atoms with Crippen LogP contribution in [0.5, 0.6) is 5.75 Å². The molecule has 0 aliphatic heterocycles. The molecule has 1 N–H and O–H groups in total. The Balaban J connectivity index is 2.47. The molecule has 0 spiro atoms. The molecule has 0 aromatic heterocycles. The van der Waals surface area contributed by atoms with Crippen molar-refractivity contribution in [3.8, 4) is 5.75 Å². The van der Waals surface area contributed by atoms with Crippen LogP contribution in [-0.4, -0.2) is 29.0 Å². The first-order valence-electron chi connectivity index (χ1n) is 7.67. The molecule has 4 nitrogen and oxygen atoms in total. The smallest absolute Gasteiger partial charge is 0.272 e. The molecule has 0 radical (unpaired) electrons. The first-order chi connectivity index (χ1) is 11.8. The lowest BCUT2D eigenvalue weighted by Crippen LogP contribution is -2.41. The van der Waals surface area contributed by atoms with Gasteiger partial charge in [-0.15, -0.1) is 13.2 Å². The zero-order valence-electron chi connectivity index (χ0n) is 14.0. The highest BCUT2D eigenvalue weighted by Gasteiger charge is 2.31. The highest BCUT2D eigenvalue weighted by molar-refractivity contribution is 6.76. The molecule has 0 heterocycles. The fourth-order valence-electron chi connectivity index (χ4n) is 2.04. The van der Waals surface area contributed by atoms with Gasteiger partial charge in [0.25, 0.3) is 9.70 Å². The van der Waals surface area contributed by atoms with Gasteiger partial charge in [0.2, 0.25) is 0 Å². The fraction of sp³-hybridized carbons (Fsp3) is 0.389. The van der Waals surface area contributed by atoms with Gasteiger partial charge in [0, 0.05) is 6.04 Å². The van der Waals surface area contributed by atoms with Crippen molar-refractivity contribution in [3.05, 3.63) is 55.1 Å². The summed E-state index contributed by atoms with van der Waals surface area (Å²) in [5.41, 5.74) is 1.03. The number of halogens is 3. The molecule has 0 aliphatic rings. The van der Waals surface area contributed by atoms with E-state index in [-0.39, 0.29) is 12.1 Å². The van der Waals surface area contributed by atoms with Gasteiger partial charge in [-0.3, -0.25) is 4.79 Å². The molecular formula is C18H22Cl3NO3. The van der Waals surface area contributed by atoms with Crippen LogP contribution in [0.2, 0.25) is 0 Å². The summed E-state index contributed by atoms with van der Waals surface area (Å²) in [5, 5.41) is 2.62. The number of ether oxygens (including phenoxy) is 2. The number of benzene rings is 1. The summed E-state index contributed by atoms with van der Waals surface area (Å²) in [6.07, 6.45) is 4.36. The Bertz CT molecular complexity index is 570. The number of rotatable bonds is 10. The number of amides is 1. The van der Waals surface area contributed by atoms with Crippen LogP contribution in [0.25, 0.3) is 0 Å². The Hall–Kier alpha value is -1.20. The molecule has 0 fully saturated rings. The van der Waals surface area contributed by atoms with Crippen molar-refractivity contribution in [2.75, 3.05) is 7.11 Å². The third-order valence-electron chi connectivity index (χ3n) is 3.51. The van der Waals surface area contributed by atoms with Gasteiger partial charge >= 0.3 is 0 Å². The lowest BCUT2D eigenvalue weighted by molar-refractivity contribution is -0.120. The van der Waals surface area contributed by atoms with Crippen LogP contribution in [-0.2, 0) is 16.1 Å². The molecule has 0 saturated heterocycles. The molecule has 0 saturated carbocycles. The molecule has 1 rings (SSSR count). The van der Waals surface area contributed by atoms with Crippen LogP contribution in [0.3, 0.4) is 0 Å². The molecule has 138 valence electrons. The minimum atomic E-state index is -2.00. The van der Waals surface area contributed by atoms with E-state index >= 15 is 0 Å². The SMILES string of the molecule is C=C[C@H](CC[C@H](C=C)OCc1ccc(OC)cc1)NC(=O)C(Cl)(Cl)Cl. The second kappa shape index (κ2) is 10.7. The molecule has 0 unspecified atom stereocenters. The molecule has 1 amide bonds. The first-order valence-corrected chi connectivity index (χ1v) is 8.80. The van der Waals surface area contributed by atoms with Gasteiger partial charge in [0.15, 0.2) is 0 Å². The van der Waals surface area contributed by atoms with Gasteiger partial charge in [-0.05, 0) is 30.5 Å². The van der Waals surface area contributed by atoms with Crippen molar-refractivity contribution in [2.24, 2.45) is 0 Å². The second-order valence-electron chi connectivity index (χ2n) is 5.32. The first kappa shape index (κ1) is 21.8. The van der Waals surface area contributed by atoms with Crippen LogP contribution >= 0.6 is 34.8 Å². The topological polar surface area (TPSA) is 47.6 Å². The quantitative estimate of drug-likeness (QED) is 0.457. The maximum atomic E-state index is 11.7. The van der Waals surface area contributed by atoms with E-state index in [1.807, 2.05) is 24.3 Å². The van der Waals surface area contributed by atoms with Crippen LogP contribution in [0.1, 0.15) is 18.4 Å². The summed E-state index contributed by atoms with van der Waals surface area (Å²) in [5.74, 6) is 0.110. The highest BCUT2D eigenvalue weighted by atomic mass is 35.6. The average Bonchev–Trinajstić information content (AvgIpc) is 2.60. The predicted molar refractivity (Wildman–Crippen MR) is 103 cm³/mol. The summed E-state index contributed by atoms with van der Waals surface area (Å²) >= 11 is 16.6. The Morgan fingerprint density at radius 3 is 2.32 bits per heavy atom.